The Morgan fingerprint density at radius 3 is 2.56 bits per heavy atom. The molecule has 3 N–H and O–H groups in total. The van der Waals surface area contributed by atoms with E-state index in [1.54, 1.807) is 6.20 Å². The lowest BCUT2D eigenvalue weighted by molar-refractivity contribution is 0.0865. The Balaban J connectivity index is 2.34. The Morgan fingerprint density at radius 1 is 1.33 bits per heavy atom. The number of nitrogens with zero attached hydrogens (tertiary/aromatic N) is 2. The van der Waals surface area contributed by atoms with Crippen molar-refractivity contribution in [1.29, 1.82) is 0 Å². The number of pyridine rings is 1. The van der Waals surface area contributed by atoms with Crippen LogP contribution >= 0.6 is 0 Å². The fourth-order valence-electron chi connectivity index (χ4n) is 2.81. The van der Waals surface area contributed by atoms with Crippen molar-refractivity contribution in [2.24, 2.45) is 5.41 Å². The van der Waals surface area contributed by atoms with Crippen LogP contribution in [0.5, 0.6) is 0 Å². The van der Waals surface area contributed by atoms with Gasteiger partial charge in [-0.2, -0.15) is 0 Å². The maximum atomic E-state index is 6.07. The van der Waals surface area contributed by atoms with E-state index in [4.69, 9.17) is 5.73 Å². The molecule has 1 aliphatic heterocycles. The Bertz CT molecular complexity index is 391. The van der Waals surface area contributed by atoms with E-state index in [1.807, 2.05) is 6.07 Å². The Morgan fingerprint density at radius 2 is 2.00 bits per heavy atom. The first-order valence-electron chi connectivity index (χ1n) is 6.65. The van der Waals surface area contributed by atoms with Crippen molar-refractivity contribution >= 4 is 5.82 Å². The molecule has 0 amide bonds. The van der Waals surface area contributed by atoms with Crippen molar-refractivity contribution in [3.05, 3.63) is 23.9 Å². The van der Waals surface area contributed by atoms with Crippen molar-refractivity contribution in [2.75, 3.05) is 31.9 Å². The number of aromatic nitrogens is 1. The number of rotatable bonds is 2. The number of piperazine rings is 1. The van der Waals surface area contributed by atoms with Gasteiger partial charge >= 0.3 is 0 Å². The maximum absolute atomic E-state index is 6.07. The molecule has 1 aliphatic rings. The molecule has 18 heavy (non-hydrogen) atoms. The molecule has 2 heterocycles. The van der Waals surface area contributed by atoms with Crippen LogP contribution in [-0.4, -0.2) is 36.1 Å². The van der Waals surface area contributed by atoms with Crippen molar-refractivity contribution in [3.63, 3.8) is 0 Å². The van der Waals surface area contributed by atoms with Crippen LogP contribution in [0.25, 0.3) is 0 Å². The summed E-state index contributed by atoms with van der Waals surface area (Å²) in [6, 6.07) is 4.42. The first-order valence-corrected chi connectivity index (χ1v) is 6.65. The monoisotopic (exact) mass is 248 g/mol. The average Bonchev–Trinajstić information content (AvgIpc) is 2.32. The molecule has 0 saturated carbocycles. The van der Waals surface area contributed by atoms with Gasteiger partial charge in [-0.15, -0.1) is 0 Å². The molecule has 0 bridgehead atoms. The summed E-state index contributed by atoms with van der Waals surface area (Å²) in [5, 5.41) is 3.40. The Labute approximate surface area is 110 Å². The van der Waals surface area contributed by atoms with E-state index in [0.29, 0.717) is 11.9 Å². The Hall–Kier alpha value is -1.13. The summed E-state index contributed by atoms with van der Waals surface area (Å²) in [7, 11) is 0. The second-order valence-electron chi connectivity index (χ2n) is 6.03. The molecule has 0 aliphatic carbocycles. The van der Waals surface area contributed by atoms with Gasteiger partial charge in [0.25, 0.3) is 0 Å². The van der Waals surface area contributed by atoms with E-state index in [0.717, 1.165) is 31.7 Å². The second-order valence-corrected chi connectivity index (χ2v) is 6.03. The third kappa shape index (κ3) is 2.82. The molecular weight excluding hydrogens is 224 g/mol. The molecule has 4 nitrogen and oxygen atoms in total. The minimum Gasteiger partial charge on any atom is -0.383 e. The zero-order chi connectivity index (χ0) is 13.2. The zero-order valence-corrected chi connectivity index (χ0v) is 11.6. The van der Waals surface area contributed by atoms with Crippen molar-refractivity contribution < 1.29 is 0 Å². The van der Waals surface area contributed by atoms with Crippen LogP contribution in [0.2, 0.25) is 0 Å². The van der Waals surface area contributed by atoms with Gasteiger partial charge in [0, 0.05) is 44.0 Å². The minimum atomic E-state index is 0.147. The first kappa shape index (κ1) is 13.3. The van der Waals surface area contributed by atoms with E-state index in [1.165, 1.54) is 0 Å². The smallest absolute Gasteiger partial charge is 0.128 e. The molecule has 1 aromatic rings. The fraction of sp³-hybridized carbons (Fsp3) is 0.643. The van der Waals surface area contributed by atoms with Gasteiger partial charge in [-0.05, 0) is 11.5 Å². The molecule has 0 radical (unpaired) electrons. The highest BCUT2D eigenvalue weighted by atomic mass is 15.2. The van der Waals surface area contributed by atoms with E-state index in [2.05, 4.69) is 42.0 Å². The van der Waals surface area contributed by atoms with Gasteiger partial charge in [0.2, 0.25) is 0 Å². The van der Waals surface area contributed by atoms with Crippen LogP contribution < -0.4 is 11.1 Å². The topological polar surface area (TPSA) is 54.2 Å². The number of nitrogens with one attached hydrogen (secondary N) is 1. The second kappa shape index (κ2) is 5.24. The van der Waals surface area contributed by atoms with Gasteiger partial charge in [0.15, 0.2) is 0 Å². The molecule has 2 rings (SSSR count). The number of nitrogens with two attached hydrogens (primary N) is 1. The quantitative estimate of drug-likeness (QED) is 0.835. The standard InChI is InChI=1S/C14H24N4/c1-14(2,3)12(18-9-7-16-8-10-18)11-5-4-6-17-13(11)15/h4-6,12,16H,7-10H2,1-3H3,(H2,15,17)/t12-/m1/s1. The van der Waals surface area contributed by atoms with Crippen LogP contribution in [0, 0.1) is 5.41 Å². The summed E-state index contributed by atoms with van der Waals surface area (Å²) in [6.07, 6.45) is 1.76. The predicted octanol–water partition coefficient (Wildman–Crippen LogP) is 1.66. The summed E-state index contributed by atoms with van der Waals surface area (Å²) in [4.78, 5) is 6.76. The normalized spacial score (nSPS) is 19.7. The van der Waals surface area contributed by atoms with Crippen LogP contribution in [0.15, 0.2) is 18.3 Å². The van der Waals surface area contributed by atoms with Crippen molar-refractivity contribution in [2.45, 2.75) is 26.8 Å². The highest BCUT2D eigenvalue weighted by Gasteiger charge is 2.33. The summed E-state index contributed by atoms with van der Waals surface area (Å²) in [6.45, 7) is 11.0. The van der Waals surface area contributed by atoms with E-state index >= 15 is 0 Å². The average molecular weight is 248 g/mol. The molecule has 1 atom stereocenters. The molecule has 100 valence electrons. The number of hydrogen-bond acceptors (Lipinski definition) is 4. The molecule has 4 heteroatoms. The van der Waals surface area contributed by atoms with Crippen molar-refractivity contribution in [3.8, 4) is 0 Å². The molecule has 0 spiro atoms. The van der Waals surface area contributed by atoms with E-state index in [-0.39, 0.29) is 5.41 Å². The summed E-state index contributed by atoms with van der Waals surface area (Å²) < 4.78 is 0. The van der Waals surface area contributed by atoms with Crippen LogP contribution in [0.4, 0.5) is 5.82 Å². The predicted molar refractivity (Wildman–Crippen MR) is 75.3 cm³/mol. The van der Waals surface area contributed by atoms with Gasteiger partial charge in [0.1, 0.15) is 5.82 Å². The van der Waals surface area contributed by atoms with Gasteiger partial charge in [-0.3, -0.25) is 4.90 Å². The highest BCUT2D eigenvalue weighted by molar-refractivity contribution is 5.41. The molecule has 0 aromatic carbocycles. The lowest BCUT2D eigenvalue weighted by Gasteiger charge is -2.42. The van der Waals surface area contributed by atoms with Crippen molar-refractivity contribution in [1.82, 2.24) is 15.2 Å². The van der Waals surface area contributed by atoms with Gasteiger partial charge in [-0.1, -0.05) is 26.8 Å². The minimum absolute atomic E-state index is 0.147. The molecular formula is C14H24N4. The summed E-state index contributed by atoms with van der Waals surface area (Å²) in [5.41, 5.74) is 7.38. The van der Waals surface area contributed by atoms with Crippen LogP contribution in [0.3, 0.4) is 0 Å². The molecule has 0 unspecified atom stereocenters. The molecule has 1 saturated heterocycles. The van der Waals surface area contributed by atoms with Gasteiger partial charge in [0.05, 0.1) is 0 Å². The first-order chi connectivity index (χ1) is 8.50. The number of anilines is 1. The maximum Gasteiger partial charge on any atom is 0.128 e. The largest absolute Gasteiger partial charge is 0.383 e. The van der Waals surface area contributed by atoms with Gasteiger partial charge < -0.3 is 11.1 Å². The number of nitrogen functional groups attached to an aromatic ring is 1. The third-order valence-electron chi connectivity index (χ3n) is 3.50. The fourth-order valence-corrected chi connectivity index (χ4v) is 2.81. The van der Waals surface area contributed by atoms with E-state index in [9.17, 15) is 0 Å². The Kier molecular flexibility index (Phi) is 3.88. The molecule has 1 aromatic heterocycles. The summed E-state index contributed by atoms with van der Waals surface area (Å²) in [5.74, 6) is 0.663. The SMILES string of the molecule is CC(C)(C)[C@@H](c1cccnc1N)N1CCNCC1. The summed E-state index contributed by atoms with van der Waals surface area (Å²) >= 11 is 0. The highest BCUT2D eigenvalue weighted by Crippen LogP contribution is 2.39. The zero-order valence-electron chi connectivity index (χ0n) is 11.6. The van der Waals surface area contributed by atoms with Gasteiger partial charge in [-0.25, -0.2) is 4.98 Å². The van der Waals surface area contributed by atoms with Crippen LogP contribution in [0.1, 0.15) is 32.4 Å². The van der Waals surface area contributed by atoms with Crippen LogP contribution in [-0.2, 0) is 0 Å². The number of hydrogen-bond donors (Lipinski definition) is 2. The molecule has 1 fully saturated rings. The lowest BCUT2D eigenvalue weighted by atomic mass is 9.81. The lowest BCUT2D eigenvalue weighted by Crippen LogP contribution is -2.48. The third-order valence-corrected chi connectivity index (χ3v) is 3.50. The van der Waals surface area contributed by atoms with E-state index < -0.39 is 0 Å².